The van der Waals surface area contributed by atoms with Crippen LogP contribution in [0.5, 0.6) is 0 Å². The second-order valence-electron chi connectivity index (χ2n) is 3.91. The number of likely N-dealkylation sites (N-methyl/N-ethyl adjacent to an activating group) is 2. The molecule has 0 spiro atoms. The van der Waals surface area contributed by atoms with Gasteiger partial charge in [-0.2, -0.15) is 5.26 Å². The third-order valence-electron chi connectivity index (χ3n) is 2.50. The summed E-state index contributed by atoms with van der Waals surface area (Å²) in [6.45, 7) is 2.67. The van der Waals surface area contributed by atoms with E-state index >= 15 is 0 Å². The molecule has 1 aromatic heterocycles. The van der Waals surface area contributed by atoms with E-state index in [-0.39, 0.29) is 17.5 Å². The van der Waals surface area contributed by atoms with Crippen LogP contribution in [0.2, 0.25) is 5.02 Å². The Kier molecular flexibility index (Phi) is 4.93. The van der Waals surface area contributed by atoms with Crippen LogP contribution in [0, 0.1) is 11.3 Å². The summed E-state index contributed by atoms with van der Waals surface area (Å²) in [6.07, 6.45) is 1.52. The van der Waals surface area contributed by atoms with Gasteiger partial charge in [-0.25, -0.2) is 4.98 Å². The van der Waals surface area contributed by atoms with Gasteiger partial charge in [-0.1, -0.05) is 11.6 Å². The van der Waals surface area contributed by atoms with Crippen LogP contribution in [-0.4, -0.2) is 43.0 Å². The number of halogens is 1. The van der Waals surface area contributed by atoms with E-state index in [1.54, 1.807) is 25.1 Å². The maximum atomic E-state index is 11.7. The zero-order valence-electron chi connectivity index (χ0n) is 10.6. The molecule has 18 heavy (non-hydrogen) atoms. The highest BCUT2D eigenvalue weighted by Crippen LogP contribution is 2.26. The lowest BCUT2D eigenvalue weighted by atomic mass is 10.2. The predicted octanol–water partition coefficient (Wildman–Crippen LogP) is 1.52. The number of carbonyl (C=O) groups is 1. The Balaban J connectivity index is 3.03. The smallest absolute Gasteiger partial charge is 0.241 e. The number of carbonyl (C=O) groups excluding carboxylic acids is 1. The summed E-state index contributed by atoms with van der Waals surface area (Å²) in [5.41, 5.74) is 0.359. The molecule has 96 valence electrons. The molecule has 0 aliphatic carbocycles. The van der Waals surface area contributed by atoms with Crippen LogP contribution in [-0.2, 0) is 4.79 Å². The Hall–Kier alpha value is -1.80. The second-order valence-corrected chi connectivity index (χ2v) is 4.29. The Labute approximate surface area is 112 Å². The SMILES string of the molecule is CCN(CC(=O)N(C)C)c1nccc(C#N)c1Cl. The average molecular weight is 267 g/mol. The highest BCUT2D eigenvalue weighted by atomic mass is 35.5. The minimum atomic E-state index is -0.0444. The van der Waals surface area contributed by atoms with Crippen molar-refractivity contribution < 1.29 is 4.79 Å². The van der Waals surface area contributed by atoms with Crippen molar-refractivity contribution >= 4 is 23.3 Å². The van der Waals surface area contributed by atoms with Gasteiger partial charge in [0.15, 0.2) is 0 Å². The number of anilines is 1. The van der Waals surface area contributed by atoms with E-state index in [2.05, 4.69) is 4.98 Å². The molecule has 0 unspecified atom stereocenters. The van der Waals surface area contributed by atoms with Crippen molar-refractivity contribution in [3.63, 3.8) is 0 Å². The molecular weight excluding hydrogens is 252 g/mol. The molecule has 1 heterocycles. The van der Waals surface area contributed by atoms with E-state index in [1.165, 1.54) is 11.1 Å². The van der Waals surface area contributed by atoms with Crippen molar-refractivity contribution in [2.45, 2.75) is 6.92 Å². The van der Waals surface area contributed by atoms with E-state index in [0.29, 0.717) is 17.9 Å². The third-order valence-corrected chi connectivity index (χ3v) is 2.87. The van der Waals surface area contributed by atoms with Gasteiger partial charge in [0.2, 0.25) is 5.91 Å². The second kappa shape index (κ2) is 6.22. The van der Waals surface area contributed by atoms with Crippen LogP contribution in [0.15, 0.2) is 12.3 Å². The number of amides is 1. The number of hydrogen-bond donors (Lipinski definition) is 0. The number of nitrogens with zero attached hydrogens (tertiary/aromatic N) is 4. The molecule has 0 bridgehead atoms. The monoisotopic (exact) mass is 266 g/mol. The summed E-state index contributed by atoms with van der Waals surface area (Å²) >= 11 is 6.09. The summed E-state index contributed by atoms with van der Waals surface area (Å²) in [4.78, 5) is 19.1. The third kappa shape index (κ3) is 3.11. The number of aromatic nitrogens is 1. The molecule has 1 amide bonds. The zero-order chi connectivity index (χ0) is 13.7. The summed E-state index contributed by atoms with van der Waals surface area (Å²) in [5, 5.41) is 9.20. The van der Waals surface area contributed by atoms with Crippen LogP contribution < -0.4 is 4.90 Å². The highest BCUT2D eigenvalue weighted by Gasteiger charge is 2.17. The maximum Gasteiger partial charge on any atom is 0.241 e. The topological polar surface area (TPSA) is 60.2 Å². The van der Waals surface area contributed by atoms with Crippen LogP contribution in [0.3, 0.4) is 0 Å². The van der Waals surface area contributed by atoms with Gasteiger partial charge in [-0.3, -0.25) is 4.79 Å². The van der Waals surface area contributed by atoms with E-state index in [0.717, 1.165) is 0 Å². The fraction of sp³-hybridized carbons (Fsp3) is 0.417. The van der Waals surface area contributed by atoms with Crippen molar-refractivity contribution in [2.24, 2.45) is 0 Å². The lowest BCUT2D eigenvalue weighted by molar-refractivity contribution is -0.127. The fourth-order valence-corrected chi connectivity index (χ4v) is 1.65. The van der Waals surface area contributed by atoms with Gasteiger partial charge in [0.05, 0.1) is 12.1 Å². The van der Waals surface area contributed by atoms with Crippen molar-refractivity contribution in [3.8, 4) is 6.07 Å². The largest absolute Gasteiger partial charge is 0.347 e. The van der Waals surface area contributed by atoms with Crippen molar-refractivity contribution in [1.29, 1.82) is 5.26 Å². The van der Waals surface area contributed by atoms with Crippen LogP contribution in [0.1, 0.15) is 12.5 Å². The lowest BCUT2D eigenvalue weighted by Crippen LogP contribution is -2.37. The van der Waals surface area contributed by atoms with Gasteiger partial charge in [-0.05, 0) is 13.0 Å². The predicted molar refractivity (Wildman–Crippen MR) is 70.5 cm³/mol. The standard InChI is InChI=1S/C12H15ClN4O/c1-4-17(8-10(18)16(2)3)12-11(13)9(7-14)5-6-15-12/h5-6H,4,8H2,1-3H3. The quantitative estimate of drug-likeness (QED) is 0.829. The summed E-state index contributed by atoms with van der Waals surface area (Å²) in [6, 6.07) is 3.55. The fourth-order valence-electron chi connectivity index (χ4n) is 1.38. The first-order valence-corrected chi connectivity index (χ1v) is 5.88. The van der Waals surface area contributed by atoms with Crippen molar-refractivity contribution in [2.75, 3.05) is 32.1 Å². The Bertz CT molecular complexity index is 481. The summed E-state index contributed by atoms with van der Waals surface area (Å²) < 4.78 is 0. The minimum Gasteiger partial charge on any atom is -0.347 e. The van der Waals surface area contributed by atoms with E-state index < -0.39 is 0 Å². The molecule has 0 N–H and O–H groups in total. The molecule has 5 nitrogen and oxygen atoms in total. The van der Waals surface area contributed by atoms with Gasteiger partial charge >= 0.3 is 0 Å². The number of pyridine rings is 1. The van der Waals surface area contributed by atoms with Gasteiger partial charge in [0, 0.05) is 26.8 Å². The number of hydrogen-bond acceptors (Lipinski definition) is 4. The van der Waals surface area contributed by atoms with Crippen LogP contribution in [0.25, 0.3) is 0 Å². The number of rotatable bonds is 4. The Morgan fingerprint density at radius 2 is 2.22 bits per heavy atom. The minimum absolute atomic E-state index is 0.0444. The molecule has 1 rings (SSSR count). The molecule has 0 atom stereocenters. The van der Waals surface area contributed by atoms with Gasteiger partial charge in [0.1, 0.15) is 16.9 Å². The molecule has 0 aliphatic rings. The first-order chi connectivity index (χ1) is 8.51. The molecule has 6 heteroatoms. The normalized spacial score (nSPS) is 9.72. The highest BCUT2D eigenvalue weighted by molar-refractivity contribution is 6.34. The molecule has 0 saturated carbocycles. The molecular formula is C12H15ClN4O. The van der Waals surface area contributed by atoms with Gasteiger partial charge in [-0.15, -0.1) is 0 Å². The summed E-state index contributed by atoms with van der Waals surface area (Å²) in [7, 11) is 3.38. The zero-order valence-corrected chi connectivity index (χ0v) is 11.4. The average Bonchev–Trinajstić information content (AvgIpc) is 2.36. The molecule has 0 aromatic carbocycles. The molecule has 0 radical (unpaired) electrons. The molecule has 0 aliphatic heterocycles. The number of nitriles is 1. The van der Waals surface area contributed by atoms with Crippen LogP contribution >= 0.6 is 11.6 Å². The Morgan fingerprint density at radius 1 is 1.56 bits per heavy atom. The van der Waals surface area contributed by atoms with Crippen LogP contribution in [0.4, 0.5) is 5.82 Å². The van der Waals surface area contributed by atoms with Gasteiger partial charge in [0.25, 0.3) is 0 Å². The van der Waals surface area contributed by atoms with E-state index in [1.807, 2.05) is 13.0 Å². The maximum absolute atomic E-state index is 11.7. The summed E-state index contributed by atoms with van der Waals surface area (Å²) in [5.74, 6) is 0.422. The molecule has 1 aromatic rings. The molecule has 0 saturated heterocycles. The molecule has 0 fully saturated rings. The van der Waals surface area contributed by atoms with Crippen molar-refractivity contribution in [3.05, 3.63) is 22.8 Å². The van der Waals surface area contributed by atoms with E-state index in [4.69, 9.17) is 16.9 Å². The van der Waals surface area contributed by atoms with Crippen molar-refractivity contribution in [1.82, 2.24) is 9.88 Å². The Morgan fingerprint density at radius 3 is 2.72 bits per heavy atom. The first-order valence-electron chi connectivity index (χ1n) is 5.51. The lowest BCUT2D eigenvalue weighted by Gasteiger charge is -2.24. The van der Waals surface area contributed by atoms with Gasteiger partial charge < -0.3 is 9.80 Å². The first kappa shape index (κ1) is 14.3. The van der Waals surface area contributed by atoms with E-state index in [9.17, 15) is 4.79 Å².